The number of rotatable bonds is 3. The molecule has 1 aromatic rings. The van der Waals surface area contributed by atoms with E-state index in [-0.39, 0.29) is 6.42 Å². The van der Waals surface area contributed by atoms with Crippen molar-refractivity contribution in [2.24, 2.45) is 11.3 Å². The molecule has 6 heteroatoms. The summed E-state index contributed by atoms with van der Waals surface area (Å²) in [5.74, 6) is -2.09. The van der Waals surface area contributed by atoms with E-state index in [9.17, 15) is 18.0 Å². The van der Waals surface area contributed by atoms with Crippen molar-refractivity contribution in [3.63, 3.8) is 0 Å². The minimum absolute atomic E-state index is 0.134. The second-order valence-electron chi connectivity index (χ2n) is 4.90. The van der Waals surface area contributed by atoms with E-state index in [1.165, 1.54) is 6.92 Å². The predicted molar refractivity (Wildman–Crippen MR) is 69.1 cm³/mol. The zero-order valence-electron chi connectivity index (χ0n) is 10.5. The number of anilines is 1. The predicted octanol–water partition coefficient (Wildman–Crippen LogP) is 3.94. The molecule has 1 N–H and O–H groups in total. The molecule has 1 aliphatic carbocycles. The summed E-state index contributed by atoms with van der Waals surface area (Å²) in [7, 11) is 0. The lowest BCUT2D eigenvalue weighted by Crippen LogP contribution is -2.27. The van der Waals surface area contributed by atoms with E-state index in [1.807, 2.05) is 18.4 Å². The third kappa shape index (κ3) is 2.88. The third-order valence-corrected chi connectivity index (χ3v) is 4.24. The quantitative estimate of drug-likeness (QED) is 0.854. The Hall–Kier alpha value is -1.17. The van der Waals surface area contributed by atoms with Crippen molar-refractivity contribution in [2.75, 3.05) is 11.6 Å². The molecule has 2 atom stereocenters. The second kappa shape index (κ2) is 4.74. The Labute approximate surface area is 113 Å². The van der Waals surface area contributed by atoms with Crippen molar-refractivity contribution in [1.29, 1.82) is 0 Å². The van der Waals surface area contributed by atoms with Gasteiger partial charge in [-0.3, -0.25) is 4.79 Å². The van der Waals surface area contributed by atoms with E-state index in [0.29, 0.717) is 5.69 Å². The molecule has 0 heterocycles. The largest absolute Gasteiger partial charge is 0.392 e. The lowest BCUT2D eigenvalue weighted by Gasteiger charge is -2.14. The molecule has 1 aliphatic rings. The summed E-state index contributed by atoms with van der Waals surface area (Å²) < 4.78 is 37.7. The van der Waals surface area contributed by atoms with Crippen LogP contribution < -0.4 is 5.32 Å². The fourth-order valence-electron chi connectivity index (χ4n) is 2.04. The van der Waals surface area contributed by atoms with Gasteiger partial charge in [-0.15, -0.1) is 11.8 Å². The van der Waals surface area contributed by atoms with Crippen LogP contribution in [0.15, 0.2) is 29.2 Å². The first kappa shape index (κ1) is 14.2. The number of carbonyl (C=O) groups is 1. The minimum Gasteiger partial charge on any atom is -0.326 e. The SMILES string of the molecule is CSc1ccc(NC(=O)C2(C)CC2C(F)(F)F)cc1. The first-order valence-corrected chi connectivity index (χ1v) is 7.02. The molecule has 1 fully saturated rings. The van der Waals surface area contributed by atoms with Gasteiger partial charge in [-0.25, -0.2) is 0 Å². The first-order chi connectivity index (χ1) is 8.77. The fourth-order valence-corrected chi connectivity index (χ4v) is 2.45. The van der Waals surface area contributed by atoms with Crippen LogP contribution in [0.1, 0.15) is 13.3 Å². The molecular formula is C13H14F3NOS. The van der Waals surface area contributed by atoms with Crippen LogP contribution in [0.4, 0.5) is 18.9 Å². The molecule has 0 aromatic heterocycles. The number of hydrogen-bond acceptors (Lipinski definition) is 2. The molecule has 0 spiro atoms. The summed E-state index contributed by atoms with van der Waals surface area (Å²) in [4.78, 5) is 12.9. The van der Waals surface area contributed by atoms with E-state index < -0.39 is 23.4 Å². The third-order valence-electron chi connectivity index (χ3n) is 3.50. The second-order valence-corrected chi connectivity index (χ2v) is 5.78. The molecule has 0 saturated heterocycles. The highest BCUT2D eigenvalue weighted by Crippen LogP contribution is 2.60. The van der Waals surface area contributed by atoms with Gasteiger partial charge in [0.2, 0.25) is 5.91 Å². The van der Waals surface area contributed by atoms with Gasteiger partial charge in [0.1, 0.15) is 0 Å². The van der Waals surface area contributed by atoms with Crippen LogP contribution in [0, 0.1) is 11.3 Å². The normalized spacial score (nSPS) is 26.1. The van der Waals surface area contributed by atoms with Crippen molar-refractivity contribution >= 4 is 23.4 Å². The highest BCUT2D eigenvalue weighted by atomic mass is 32.2. The lowest BCUT2D eigenvalue weighted by molar-refractivity contribution is -0.159. The number of alkyl halides is 3. The number of amides is 1. The number of halogens is 3. The number of nitrogens with one attached hydrogen (secondary N) is 1. The highest BCUT2D eigenvalue weighted by Gasteiger charge is 2.67. The van der Waals surface area contributed by atoms with Crippen molar-refractivity contribution in [3.8, 4) is 0 Å². The van der Waals surface area contributed by atoms with Gasteiger partial charge in [0.25, 0.3) is 0 Å². The molecule has 1 amide bonds. The molecule has 2 nitrogen and oxygen atoms in total. The number of carbonyl (C=O) groups excluding carboxylic acids is 1. The van der Waals surface area contributed by atoms with E-state index in [2.05, 4.69) is 5.32 Å². The van der Waals surface area contributed by atoms with E-state index in [0.717, 1.165) is 4.90 Å². The fraction of sp³-hybridized carbons (Fsp3) is 0.462. The maximum absolute atomic E-state index is 12.6. The van der Waals surface area contributed by atoms with Crippen LogP contribution in [-0.2, 0) is 4.79 Å². The van der Waals surface area contributed by atoms with Gasteiger partial charge in [0.15, 0.2) is 0 Å². The topological polar surface area (TPSA) is 29.1 Å². The summed E-state index contributed by atoms with van der Waals surface area (Å²) in [5, 5.41) is 2.55. The van der Waals surface area contributed by atoms with Crippen LogP contribution in [0.3, 0.4) is 0 Å². The maximum atomic E-state index is 12.6. The summed E-state index contributed by atoms with van der Waals surface area (Å²) in [6.45, 7) is 1.36. The summed E-state index contributed by atoms with van der Waals surface area (Å²) in [5.41, 5.74) is -0.798. The van der Waals surface area contributed by atoms with Crippen LogP contribution >= 0.6 is 11.8 Å². The Bertz CT molecular complexity index is 486. The Morgan fingerprint density at radius 1 is 1.37 bits per heavy atom. The molecule has 1 aromatic carbocycles. The van der Waals surface area contributed by atoms with Gasteiger partial charge in [-0.1, -0.05) is 6.92 Å². The standard InChI is InChI=1S/C13H14F3NOS/c1-12(7-10(12)13(14,15)16)11(18)17-8-3-5-9(19-2)6-4-8/h3-6,10H,7H2,1-2H3,(H,17,18). The van der Waals surface area contributed by atoms with Gasteiger partial charge in [-0.05, 0) is 36.9 Å². The molecule has 1 saturated carbocycles. The first-order valence-electron chi connectivity index (χ1n) is 5.79. The average Bonchev–Trinajstić information content (AvgIpc) is 3.04. The molecular weight excluding hydrogens is 275 g/mol. The van der Waals surface area contributed by atoms with Gasteiger partial charge in [0.05, 0.1) is 11.3 Å². The van der Waals surface area contributed by atoms with Gasteiger partial charge in [0, 0.05) is 10.6 Å². The maximum Gasteiger partial charge on any atom is 0.392 e. The molecule has 0 bridgehead atoms. The van der Waals surface area contributed by atoms with E-state index in [1.54, 1.807) is 23.9 Å². The van der Waals surface area contributed by atoms with Crippen LogP contribution in [0.5, 0.6) is 0 Å². The highest BCUT2D eigenvalue weighted by molar-refractivity contribution is 7.98. The zero-order chi connectivity index (χ0) is 14.3. The van der Waals surface area contributed by atoms with E-state index in [4.69, 9.17) is 0 Å². The molecule has 2 rings (SSSR count). The molecule has 2 unspecified atom stereocenters. The van der Waals surface area contributed by atoms with Crippen molar-refractivity contribution in [1.82, 2.24) is 0 Å². The Morgan fingerprint density at radius 2 is 1.95 bits per heavy atom. The van der Waals surface area contributed by atoms with Crippen molar-refractivity contribution in [3.05, 3.63) is 24.3 Å². The van der Waals surface area contributed by atoms with Crippen molar-refractivity contribution in [2.45, 2.75) is 24.4 Å². The van der Waals surface area contributed by atoms with Gasteiger partial charge < -0.3 is 5.32 Å². The molecule has 0 aliphatic heterocycles. The number of thioether (sulfide) groups is 1. The number of hydrogen-bond donors (Lipinski definition) is 1. The van der Waals surface area contributed by atoms with Crippen LogP contribution in [0.2, 0.25) is 0 Å². The molecule has 104 valence electrons. The lowest BCUT2D eigenvalue weighted by atomic mass is 10.1. The number of benzene rings is 1. The minimum atomic E-state index is -4.30. The summed E-state index contributed by atoms with van der Waals surface area (Å²) >= 11 is 1.56. The smallest absolute Gasteiger partial charge is 0.326 e. The Morgan fingerprint density at radius 3 is 2.37 bits per heavy atom. The Kier molecular flexibility index (Phi) is 3.55. The van der Waals surface area contributed by atoms with Crippen molar-refractivity contribution < 1.29 is 18.0 Å². The zero-order valence-corrected chi connectivity index (χ0v) is 11.4. The van der Waals surface area contributed by atoms with Crippen LogP contribution in [0.25, 0.3) is 0 Å². The Balaban J connectivity index is 2.02. The summed E-state index contributed by atoms with van der Waals surface area (Å²) in [6, 6.07) is 7.02. The van der Waals surface area contributed by atoms with Gasteiger partial charge in [-0.2, -0.15) is 13.2 Å². The summed E-state index contributed by atoms with van der Waals surface area (Å²) in [6.07, 6.45) is -2.51. The molecule has 0 radical (unpaired) electrons. The molecule has 19 heavy (non-hydrogen) atoms. The van der Waals surface area contributed by atoms with E-state index >= 15 is 0 Å². The monoisotopic (exact) mass is 289 g/mol. The van der Waals surface area contributed by atoms with Gasteiger partial charge >= 0.3 is 6.18 Å². The van der Waals surface area contributed by atoms with Crippen LogP contribution in [-0.4, -0.2) is 18.3 Å². The average molecular weight is 289 g/mol.